The Kier molecular flexibility index (Phi) is 5.42. The fourth-order valence-electron chi connectivity index (χ4n) is 0.508. The number of phenolic OH excluding ortho intramolecular Hbond substituents is 1. The van der Waals surface area contributed by atoms with E-state index >= 15 is 0 Å². The van der Waals surface area contributed by atoms with Crippen molar-refractivity contribution in [1.29, 1.82) is 0 Å². The van der Waals surface area contributed by atoms with Gasteiger partial charge in [0.25, 0.3) is 0 Å². The number of phenols is 1. The summed E-state index contributed by atoms with van der Waals surface area (Å²) >= 11 is 7.21. The maximum atomic E-state index is 9.00. The maximum absolute atomic E-state index is 9.00. The molecule has 1 aromatic carbocycles. The summed E-state index contributed by atoms with van der Waals surface area (Å²) in [6, 6.07) is 5.14. The second-order valence-corrected chi connectivity index (χ2v) is 2.89. The van der Waals surface area contributed by atoms with E-state index in [9.17, 15) is 0 Å². The van der Waals surface area contributed by atoms with Crippen LogP contribution in [0.2, 0.25) is 0 Å². The molecule has 0 aromatic heterocycles. The molecule has 0 aliphatic rings. The van der Waals surface area contributed by atoms with Gasteiger partial charge in [-0.25, -0.2) is 0 Å². The second kappa shape index (κ2) is 5.49. The van der Waals surface area contributed by atoms with Crippen LogP contribution in [0.15, 0.2) is 27.6 Å². The lowest BCUT2D eigenvalue weighted by atomic mass is 10.3. The molecule has 1 rings (SSSR count). The van der Waals surface area contributed by atoms with Gasteiger partial charge >= 0.3 is 0 Å². The van der Waals surface area contributed by atoms with Crippen LogP contribution in [0.25, 0.3) is 0 Å². The third kappa shape index (κ3) is 3.16. The van der Waals surface area contributed by atoms with Crippen molar-refractivity contribution in [3.8, 4) is 5.75 Å². The third-order valence-electron chi connectivity index (χ3n) is 0.958. The largest absolute Gasteiger partial charge is 0.507 e. The van der Waals surface area contributed by atoms with Crippen LogP contribution in [0.4, 0.5) is 0 Å². The quantitative estimate of drug-likeness (QED) is 0.660. The standard InChI is InChI=1S/C6H5BrOS.C2H6/c7-6-4(8)2-1-3-5(6)9;1-2/h1-3,8-9H;1-2H3. The first-order valence-electron chi connectivity index (χ1n) is 3.38. The monoisotopic (exact) mass is 234 g/mol. The minimum absolute atomic E-state index is 0.225. The summed E-state index contributed by atoms with van der Waals surface area (Å²) < 4.78 is 0.647. The van der Waals surface area contributed by atoms with Gasteiger partial charge < -0.3 is 5.11 Å². The highest BCUT2D eigenvalue weighted by Crippen LogP contribution is 2.28. The number of halogens is 1. The normalized spacial score (nSPS) is 8.36. The van der Waals surface area contributed by atoms with Gasteiger partial charge in [0.2, 0.25) is 0 Å². The molecule has 0 spiro atoms. The van der Waals surface area contributed by atoms with E-state index in [1.165, 1.54) is 0 Å². The first kappa shape index (κ1) is 10.8. The number of hydrogen-bond donors (Lipinski definition) is 2. The Hall–Kier alpha value is -0.150. The SMILES string of the molecule is CC.Oc1cccc(S)c1Br. The van der Waals surface area contributed by atoms with E-state index in [1.807, 2.05) is 13.8 Å². The van der Waals surface area contributed by atoms with Gasteiger partial charge in [0.15, 0.2) is 0 Å². The summed E-state index contributed by atoms with van der Waals surface area (Å²) in [6.07, 6.45) is 0. The zero-order valence-electron chi connectivity index (χ0n) is 6.50. The summed E-state index contributed by atoms with van der Waals surface area (Å²) in [7, 11) is 0. The van der Waals surface area contributed by atoms with Crippen molar-refractivity contribution in [3.05, 3.63) is 22.7 Å². The Bertz CT molecular complexity index is 205. The number of hydrogen-bond acceptors (Lipinski definition) is 2. The van der Waals surface area contributed by atoms with Gasteiger partial charge in [0.1, 0.15) is 5.75 Å². The molecule has 1 N–H and O–H groups in total. The molecule has 3 heteroatoms. The van der Waals surface area contributed by atoms with E-state index in [4.69, 9.17) is 5.11 Å². The van der Waals surface area contributed by atoms with Crippen molar-refractivity contribution in [3.63, 3.8) is 0 Å². The maximum Gasteiger partial charge on any atom is 0.130 e. The van der Waals surface area contributed by atoms with Gasteiger partial charge in [-0.2, -0.15) is 0 Å². The van der Waals surface area contributed by atoms with Gasteiger partial charge in [0.05, 0.1) is 4.47 Å². The molecule has 0 aliphatic carbocycles. The van der Waals surface area contributed by atoms with Crippen LogP contribution >= 0.6 is 28.6 Å². The molecule has 0 amide bonds. The van der Waals surface area contributed by atoms with Crippen LogP contribution < -0.4 is 0 Å². The summed E-state index contributed by atoms with van der Waals surface area (Å²) in [6.45, 7) is 4.00. The van der Waals surface area contributed by atoms with Crippen LogP contribution in [-0.2, 0) is 0 Å². The van der Waals surface area contributed by atoms with Crippen LogP contribution in [-0.4, -0.2) is 5.11 Å². The van der Waals surface area contributed by atoms with Gasteiger partial charge in [-0.1, -0.05) is 19.9 Å². The second-order valence-electron chi connectivity index (χ2n) is 1.61. The van der Waals surface area contributed by atoms with Crippen molar-refractivity contribution in [2.24, 2.45) is 0 Å². The van der Waals surface area contributed by atoms with E-state index in [1.54, 1.807) is 18.2 Å². The molecule has 0 saturated carbocycles. The van der Waals surface area contributed by atoms with Crippen LogP contribution in [0.5, 0.6) is 5.75 Å². The molecular weight excluding hydrogens is 224 g/mol. The molecule has 1 nitrogen and oxygen atoms in total. The van der Waals surface area contributed by atoms with Crippen molar-refractivity contribution in [2.45, 2.75) is 18.7 Å². The topological polar surface area (TPSA) is 20.2 Å². The molecule has 1 aromatic rings. The van der Waals surface area contributed by atoms with Gasteiger partial charge in [-0.05, 0) is 28.1 Å². The Morgan fingerprint density at radius 1 is 1.36 bits per heavy atom. The lowest BCUT2D eigenvalue weighted by molar-refractivity contribution is 0.470. The highest BCUT2D eigenvalue weighted by atomic mass is 79.9. The zero-order chi connectivity index (χ0) is 8.85. The Morgan fingerprint density at radius 2 is 1.91 bits per heavy atom. The Balaban J connectivity index is 0.000000461. The number of benzene rings is 1. The van der Waals surface area contributed by atoms with E-state index in [2.05, 4.69) is 28.6 Å². The number of rotatable bonds is 0. The van der Waals surface area contributed by atoms with Gasteiger partial charge in [-0.15, -0.1) is 12.6 Å². The zero-order valence-corrected chi connectivity index (χ0v) is 8.98. The molecule has 0 radical (unpaired) electrons. The van der Waals surface area contributed by atoms with Crippen molar-refractivity contribution >= 4 is 28.6 Å². The van der Waals surface area contributed by atoms with Crippen LogP contribution in [0, 0.1) is 0 Å². The number of thiol groups is 1. The summed E-state index contributed by atoms with van der Waals surface area (Å²) in [5, 5.41) is 9.00. The average molecular weight is 235 g/mol. The molecule has 11 heavy (non-hydrogen) atoms. The lowest BCUT2D eigenvalue weighted by Crippen LogP contribution is -1.69. The Labute approximate surface area is 81.0 Å². The summed E-state index contributed by atoms with van der Waals surface area (Å²) in [5.74, 6) is 0.225. The molecule has 0 saturated heterocycles. The molecule has 0 aliphatic heterocycles. The first-order valence-corrected chi connectivity index (χ1v) is 4.62. The minimum atomic E-state index is 0.225. The molecule has 0 unspecified atom stereocenters. The van der Waals surface area contributed by atoms with Crippen molar-refractivity contribution in [1.82, 2.24) is 0 Å². The van der Waals surface area contributed by atoms with Crippen LogP contribution in [0.3, 0.4) is 0 Å². The summed E-state index contributed by atoms with van der Waals surface area (Å²) in [4.78, 5) is 0.745. The Morgan fingerprint density at radius 3 is 2.27 bits per heavy atom. The fourth-order valence-corrected chi connectivity index (χ4v) is 0.973. The van der Waals surface area contributed by atoms with Gasteiger partial charge in [0, 0.05) is 4.90 Å². The average Bonchev–Trinajstić information content (AvgIpc) is 2.04. The fraction of sp³-hybridized carbons (Fsp3) is 0.250. The smallest absolute Gasteiger partial charge is 0.130 e. The predicted molar refractivity (Wildman–Crippen MR) is 54.4 cm³/mol. The van der Waals surface area contributed by atoms with Crippen molar-refractivity contribution in [2.75, 3.05) is 0 Å². The molecule has 62 valence electrons. The van der Waals surface area contributed by atoms with Crippen LogP contribution in [0.1, 0.15) is 13.8 Å². The van der Waals surface area contributed by atoms with Gasteiger partial charge in [-0.3, -0.25) is 0 Å². The van der Waals surface area contributed by atoms with E-state index < -0.39 is 0 Å². The number of aromatic hydroxyl groups is 1. The molecule has 0 bridgehead atoms. The summed E-state index contributed by atoms with van der Waals surface area (Å²) in [5.41, 5.74) is 0. The third-order valence-corrected chi connectivity index (χ3v) is 2.47. The van der Waals surface area contributed by atoms with E-state index in [-0.39, 0.29) is 5.75 Å². The molecule has 0 atom stereocenters. The molecular formula is C8H11BrOS. The van der Waals surface area contributed by atoms with E-state index in [0.717, 1.165) is 4.90 Å². The highest BCUT2D eigenvalue weighted by molar-refractivity contribution is 9.10. The molecule has 0 fully saturated rings. The molecule has 0 heterocycles. The lowest BCUT2D eigenvalue weighted by Gasteiger charge is -1.96. The highest BCUT2D eigenvalue weighted by Gasteiger charge is 1.97. The van der Waals surface area contributed by atoms with Crippen molar-refractivity contribution < 1.29 is 5.11 Å². The predicted octanol–water partition coefficient (Wildman–Crippen LogP) is 3.47. The first-order chi connectivity index (χ1) is 5.22. The minimum Gasteiger partial charge on any atom is -0.507 e. The van der Waals surface area contributed by atoms with E-state index in [0.29, 0.717) is 4.47 Å².